The molecule has 0 aliphatic rings. The molecule has 0 aromatic rings. The second-order valence-electron chi connectivity index (χ2n) is 3.80. The fraction of sp³-hybridized carbons (Fsp3) is 0.833. The van der Waals surface area contributed by atoms with Crippen LogP contribution in [0.15, 0.2) is 0 Å². The fourth-order valence-corrected chi connectivity index (χ4v) is 1.66. The van der Waals surface area contributed by atoms with Crippen LogP contribution in [0.1, 0.15) is 38.5 Å². The third-order valence-corrected chi connectivity index (χ3v) is 2.82. The molecule has 0 aliphatic heterocycles. The normalized spacial score (nSPS) is 10.1. The predicted octanol–water partition coefficient (Wildman–Crippen LogP) is 2.27. The topological polar surface area (TPSA) is 52.6 Å². The zero-order valence-electron chi connectivity index (χ0n) is 10.6. The van der Waals surface area contributed by atoms with E-state index < -0.39 is 0 Å². The van der Waals surface area contributed by atoms with E-state index in [0.29, 0.717) is 12.8 Å². The van der Waals surface area contributed by atoms with E-state index in [1.165, 1.54) is 0 Å². The van der Waals surface area contributed by atoms with E-state index in [9.17, 15) is 9.59 Å². The van der Waals surface area contributed by atoms with Gasteiger partial charge in [-0.25, -0.2) is 0 Å². The van der Waals surface area contributed by atoms with E-state index in [-0.39, 0.29) is 25.2 Å². The van der Waals surface area contributed by atoms with Crippen LogP contribution in [-0.2, 0) is 19.1 Å². The summed E-state index contributed by atoms with van der Waals surface area (Å²) in [5.74, 6) is 1.06. The van der Waals surface area contributed by atoms with Gasteiger partial charge in [0.1, 0.15) is 13.2 Å². The summed E-state index contributed by atoms with van der Waals surface area (Å²) < 4.78 is 9.82. The zero-order chi connectivity index (χ0) is 13.6. The molecule has 0 aliphatic carbocycles. The highest BCUT2D eigenvalue weighted by atomic mass is 32.1. The first-order chi connectivity index (χ1) is 8.70. The number of unbranched alkanes of at least 4 members (excludes halogenated alkanes) is 2. The van der Waals surface area contributed by atoms with Crippen LogP contribution >= 0.6 is 25.3 Å². The SMILES string of the molecule is O=C(CCCCS)OCCOC(=O)CCCCS. The first-order valence-corrected chi connectivity index (χ1v) is 7.50. The molecule has 0 aromatic heterocycles. The Bertz CT molecular complexity index is 210. The molecule has 18 heavy (non-hydrogen) atoms. The second-order valence-corrected chi connectivity index (χ2v) is 4.70. The van der Waals surface area contributed by atoms with Crippen molar-refractivity contribution in [2.45, 2.75) is 38.5 Å². The highest BCUT2D eigenvalue weighted by molar-refractivity contribution is 7.80. The molecule has 0 saturated carbocycles. The van der Waals surface area contributed by atoms with Gasteiger partial charge in [-0.1, -0.05) is 0 Å². The molecule has 0 N–H and O–H groups in total. The molecule has 0 aromatic carbocycles. The van der Waals surface area contributed by atoms with Crippen LogP contribution < -0.4 is 0 Å². The zero-order valence-corrected chi connectivity index (χ0v) is 12.4. The number of hydrogen-bond donors (Lipinski definition) is 2. The van der Waals surface area contributed by atoms with Crippen molar-refractivity contribution in [3.05, 3.63) is 0 Å². The van der Waals surface area contributed by atoms with Gasteiger partial charge in [0.2, 0.25) is 0 Å². The molecule has 0 unspecified atom stereocenters. The van der Waals surface area contributed by atoms with Gasteiger partial charge in [0.05, 0.1) is 0 Å². The number of carbonyl (C=O) groups is 2. The van der Waals surface area contributed by atoms with Gasteiger partial charge in [0, 0.05) is 12.8 Å². The predicted molar refractivity (Wildman–Crippen MR) is 77.3 cm³/mol. The molecular formula is C12H22O4S2. The van der Waals surface area contributed by atoms with Crippen molar-refractivity contribution in [2.24, 2.45) is 0 Å². The molecule has 0 saturated heterocycles. The summed E-state index contributed by atoms with van der Waals surface area (Å²) in [6.45, 7) is 0.274. The summed E-state index contributed by atoms with van der Waals surface area (Å²) in [5.41, 5.74) is 0. The maximum absolute atomic E-state index is 11.2. The molecular weight excluding hydrogens is 272 g/mol. The maximum Gasteiger partial charge on any atom is 0.305 e. The van der Waals surface area contributed by atoms with Crippen molar-refractivity contribution in [3.8, 4) is 0 Å². The first-order valence-electron chi connectivity index (χ1n) is 6.23. The highest BCUT2D eigenvalue weighted by Gasteiger charge is 2.04. The minimum Gasteiger partial charge on any atom is -0.462 e. The number of hydrogen-bond acceptors (Lipinski definition) is 6. The second kappa shape index (κ2) is 13.1. The molecule has 0 spiro atoms. The van der Waals surface area contributed by atoms with Crippen LogP contribution in [0.4, 0.5) is 0 Å². The summed E-state index contributed by atoms with van der Waals surface area (Å²) in [5, 5.41) is 0. The lowest BCUT2D eigenvalue weighted by atomic mass is 10.2. The molecule has 0 atom stereocenters. The highest BCUT2D eigenvalue weighted by Crippen LogP contribution is 2.00. The van der Waals surface area contributed by atoms with Crippen molar-refractivity contribution in [3.63, 3.8) is 0 Å². The quantitative estimate of drug-likeness (QED) is 0.349. The van der Waals surface area contributed by atoms with E-state index in [1.807, 2.05) is 0 Å². The lowest BCUT2D eigenvalue weighted by molar-refractivity contribution is -0.152. The lowest BCUT2D eigenvalue weighted by Gasteiger charge is -2.06. The van der Waals surface area contributed by atoms with Crippen LogP contribution in [-0.4, -0.2) is 36.7 Å². The van der Waals surface area contributed by atoms with Crippen molar-refractivity contribution < 1.29 is 19.1 Å². The largest absolute Gasteiger partial charge is 0.462 e. The van der Waals surface area contributed by atoms with Crippen molar-refractivity contribution in [1.29, 1.82) is 0 Å². The van der Waals surface area contributed by atoms with Gasteiger partial charge in [0.15, 0.2) is 0 Å². The number of carbonyl (C=O) groups excluding carboxylic acids is 2. The van der Waals surface area contributed by atoms with Gasteiger partial charge < -0.3 is 9.47 Å². The van der Waals surface area contributed by atoms with E-state index in [4.69, 9.17) is 9.47 Å². The minimum atomic E-state index is -0.247. The van der Waals surface area contributed by atoms with Gasteiger partial charge >= 0.3 is 11.9 Å². The van der Waals surface area contributed by atoms with Gasteiger partial charge in [-0.15, -0.1) is 0 Å². The third kappa shape index (κ3) is 12.1. The Labute approximate surface area is 120 Å². The van der Waals surface area contributed by atoms with Gasteiger partial charge in [-0.3, -0.25) is 9.59 Å². The summed E-state index contributed by atoms with van der Waals surface area (Å²) in [6, 6.07) is 0. The Morgan fingerprint density at radius 1 is 0.722 bits per heavy atom. The van der Waals surface area contributed by atoms with Crippen molar-refractivity contribution >= 4 is 37.2 Å². The molecule has 0 fully saturated rings. The van der Waals surface area contributed by atoms with Crippen LogP contribution in [0.2, 0.25) is 0 Å². The summed E-state index contributed by atoms with van der Waals surface area (Å²) >= 11 is 8.10. The maximum atomic E-state index is 11.2. The fourth-order valence-electron chi connectivity index (χ4n) is 1.22. The Morgan fingerprint density at radius 3 is 1.44 bits per heavy atom. The molecule has 106 valence electrons. The molecule has 0 rings (SSSR count). The van der Waals surface area contributed by atoms with Crippen LogP contribution in [0.3, 0.4) is 0 Å². The Balaban J connectivity index is 3.32. The number of rotatable bonds is 11. The molecule has 0 radical (unpaired) electrons. The van der Waals surface area contributed by atoms with Gasteiger partial charge in [0.25, 0.3) is 0 Å². The van der Waals surface area contributed by atoms with Crippen LogP contribution in [0, 0.1) is 0 Å². The molecule has 0 amide bonds. The number of thiol groups is 2. The molecule has 0 heterocycles. The Morgan fingerprint density at radius 2 is 1.11 bits per heavy atom. The Hall–Kier alpha value is -0.360. The monoisotopic (exact) mass is 294 g/mol. The van der Waals surface area contributed by atoms with Crippen LogP contribution in [0.5, 0.6) is 0 Å². The van der Waals surface area contributed by atoms with Gasteiger partial charge in [-0.05, 0) is 37.2 Å². The van der Waals surface area contributed by atoms with Crippen molar-refractivity contribution in [2.75, 3.05) is 24.7 Å². The van der Waals surface area contributed by atoms with E-state index in [0.717, 1.165) is 37.2 Å². The van der Waals surface area contributed by atoms with E-state index in [1.54, 1.807) is 0 Å². The summed E-state index contributed by atoms with van der Waals surface area (Å²) in [6.07, 6.45) is 4.17. The lowest BCUT2D eigenvalue weighted by Crippen LogP contribution is -2.13. The smallest absolute Gasteiger partial charge is 0.305 e. The summed E-state index contributed by atoms with van der Waals surface area (Å²) in [7, 11) is 0. The van der Waals surface area contributed by atoms with Crippen molar-refractivity contribution in [1.82, 2.24) is 0 Å². The van der Waals surface area contributed by atoms with E-state index in [2.05, 4.69) is 25.3 Å². The van der Waals surface area contributed by atoms with Crippen LogP contribution in [0.25, 0.3) is 0 Å². The summed E-state index contributed by atoms with van der Waals surface area (Å²) in [4.78, 5) is 22.4. The van der Waals surface area contributed by atoms with E-state index >= 15 is 0 Å². The molecule has 6 heteroatoms. The van der Waals surface area contributed by atoms with Gasteiger partial charge in [-0.2, -0.15) is 25.3 Å². The minimum absolute atomic E-state index is 0.137. The standard InChI is InChI=1S/C12H22O4S2/c13-11(5-1-3-9-17)15-7-8-16-12(14)6-2-4-10-18/h17-18H,1-10H2. The number of ether oxygens (including phenoxy) is 2. The first kappa shape index (κ1) is 17.6. The molecule has 4 nitrogen and oxygen atoms in total. The Kier molecular flexibility index (Phi) is 12.8. The number of esters is 2. The molecule has 0 bridgehead atoms. The average molecular weight is 294 g/mol. The average Bonchev–Trinajstić information content (AvgIpc) is 2.35. The third-order valence-electron chi connectivity index (χ3n) is 2.19.